The van der Waals surface area contributed by atoms with E-state index in [1.54, 1.807) is 12.3 Å². The van der Waals surface area contributed by atoms with Gasteiger partial charge in [0.2, 0.25) is 0 Å². The van der Waals surface area contributed by atoms with E-state index in [4.69, 9.17) is 16.3 Å². The Kier molecular flexibility index (Phi) is 9.13. The maximum Gasteiger partial charge on any atom is 0.387 e. The first-order chi connectivity index (χ1) is 20.5. The predicted octanol–water partition coefficient (Wildman–Crippen LogP) is 4.39. The molecule has 3 unspecified atom stereocenters. The van der Waals surface area contributed by atoms with Gasteiger partial charge in [-0.1, -0.05) is 18.2 Å². The lowest BCUT2D eigenvalue weighted by atomic mass is 9.86. The summed E-state index contributed by atoms with van der Waals surface area (Å²) < 4.78 is 47.2. The molecule has 2 aromatic carbocycles. The number of fused-ring (bicyclic) bond motifs is 3. The van der Waals surface area contributed by atoms with Crippen LogP contribution in [-0.2, 0) is 22.3 Å². The van der Waals surface area contributed by atoms with E-state index in [-0.39, 0.29) is 29.6 Å². The molecule has 13 heteroatoms. The van der Waals surface area contributed by atoms with Gasteiger partial charge in [-0.25, -0.2) is 19.3 Å². The molecule has 1 fully saturated rings. The Labute approximate surface area is 251 Å². The summed E-state index contributed by atoms with van der Waals surface area (Å²) in [5, 5.41) is 10.9. The number of carbonyl (C=O) groups is 1. The second kappa shape index (κ2) is 12.8. The van der Waals surface area contributed by atoms with Gasteiger partial charge in [-0.3, -0.25) is 4.79 Å². The topological polar surface area (TPSA) is 138 Å². The molecule has 5 N–H and O–H groups in total. The molecule has 0 saturated carbocycles. The van der Waals surface area contributed by atoms with Gasteiger partial charge in [-0.05, 0) is 72.7 Å². The number of hydrogen-bond donors (Lipinski definition) is 3. The summed E-state index contributed by atoms with van der Waals surface area (Å²) in [6.45, 7) is 0.636. The number of anilines is 3. The van der Waals surface area contributed by atoms with Crippen LogP contribution in [0.25, 0.3) is 0 Å². The number of aliphatic carboxylic acids is 1. The average molecular weight is 615 g/mol. The van der Waals surface area contributed by atoms with E-state index < -0.39 is 29.5 Å². The molecule has 43 heavy (non-hydrogen) atoms. The van der Waals surface area contributed by atoms with Gasteiger partial charge in [0.15, 0.2) is 5.75 Å². The van der Waals surface area contributed by atoms with Crippen LogP contribution in [0.4, 0.5) is 26.0 Å². The molecular formula is C30H36F2N6O4S. The summed E-state index contributed by atoms with van der Waals surface area (Å²) in [5.41, 5.74) is 9.23. The minimum atomic E-state index is -3.13. The number of pyridine rings is 1. The van der Waals surface area contributed by atoms with Crippen molar-refractivity contribution in [2.75, 3.05) is 35.8 Å². The summed E-state index contributed by atoms with van der Waals surface area (Å²) >= 11 is 0. The van der Waals surface area contributed by atoms with Crippen LogP contribution in [0.5, 0.6) is 5.75 Å². The average Bonchev–Trinajstić information content (AvgIpc) is 3.06. The van der Waals surface area contributed by atoms with Gasteiger partial charge in [0.05, 0.1) is 17.0 Å². The van der Waals surface area contributed by atoms with Crippen molar-refractivity contribution in [3.8, 4) is 5.75 Å². The van der Waals surface area contributed by atoms with Gasteiger partial charge in [0.25, 0.3) is 0 Å². The lowest BCUT2D eigenvalue weighted by molar-refractivity contribution is -0.137. The van der Waals surface area contributed by atoms with Crippen molar-refractivity contribution in [1.29, 1.82) is 0 Å². The van der Waals surface area contributed by atoms with E-state index in [0.29, 0.717) is 29.1 Å². The van der Waals surface area contributed by atoms with Crippen LogP contribution in [0.2, 0.25) is 0 Å². The molecule has 2 aliphatic heterocycles. The number of carboxylic acids is 1. The van der Waals surface area contributed by atoms with Gasteiger partial charge in [0, 0.05) is 44.8 Å². The van der Waals surface area contributed by atoms with Crippen molar-refractivity contribution < 1.29 is 27.6 Å². The lowest BCUT2D eigenvalue weighted by Crippen LogP contribution is -2.45. The fourth-order valence-electron chi connectivity index (χ4n) is 6.06. The maximum absolute atomic E-state index is 13.9. The molecule has 3 aromatic rings. The van der Waals surface area contributed by atoms with Gasteiger partial charge in [0.1, 0.15) is 22.5 Å². The molecule has 0 radical (unpaired) electrons. The number of hydrogen-bond acceptors (Lipinski definition) is 8. The smallest absolute Gasteiger partial charge is 0.387 e. The van der Waals surface area contributed by atoms with Crippen molar-refractivity contribution in [1.82, 2.24) is 9.29 Å². The first kappa shape index (κ1) is 30.6. The van der Waals surface area contributed by atoms with Crippen molar-refractivity contribution in [2.24, 2.45) is 5.84 Å². The van der Waals surface area contributed by atoms with E-state index in [0.717, 1.165) is 47.8 Å². The van der Waals surface area contributed by atoms with Crippen LogP contribution in [-0.4, -0.2) is 57.4 Å². The highest BCUT2D eigenvalue weighted by Gasteiger charge is 2.35. The van der Waals surface area contributed by atoms with Crippen molar-refractivity contribution in [2.45, 2.75) is 62.6 Å². The maximum atomic E-state index is 13.9. The molecule has 1 aromatic heterocycles. The van der Waals surface area contributed by atoms with Crippen LogP contribution in [0, 0.1) is 6.92 Å². The minimum Gasteiger partial charge on any atom is -0.481 e. The molecule has 3 heterocycles. The normalized spacial score (nSPS) is 19.3. The van der Waals surface area contributed by atoms with E-state index in [1.165, 1.54) is 19.2 Å². The van der Waals surface area contributed by atoms with Crippen LogP contribution in [0.15, 0.2) is 53.6 Å². The quantitative estimate of drug-likeness (QED) is 0.182. The lowest BCUT2D eigenvalue weighted by Gasteiger charge is -2.36. The number of nitrogens with zero attached hydrogens (tertiary/aromatic N) is 4. The second-order valence-corrected chi connectivity index (χ2v) is 12.5. The minimum absolute atomic E-state index is 0.0675. The van der Waals surface area contributed by atoms with Crippen molar-refractivity contribution >= 4 is 34.1 Å². The molecule has 0 bridgehead atoms. The zero-order valence-electron chi connectivity index (χ0n) is 24.1. The number of piperidine rings is 1. The number of aryl methyl sites for hydroxylation is 1. The molecule has 1 saturated heterocycles. The fourth-order valence-corrected chi connectivity index (χ4v) is 7.42. The number of nitrogen functional groups attached to an aromatic ring is 1. The molecular weight excluding hydrogens is 578 g/mol. The van der Waals surface area contributed by atoms with Gasteiger partial charge >= 0.3 is 12.6 Å². The van der Waals surface area contributed by atoms with Crippen LogP contribution >= 0.6 is 0 Å². The second-order valence-electron chi connectivity index (χ2n) is 11.0. The Hall–Kier alpha value is -3.81. The monoisotopic (exact) mass is 614 g/mol. The number of nitrogens with two attached hydrogens (primary N) is 2. The molecule has 10 nitrogen and oxygen atoms in total. The summed E-state index contributed by atoms with van der Waals surface area (Å²) in [4.78, 5) is 19.6. The number of carboxylic acid groups (broad SMARTS) is 1. The Bertz CT molecular complexity index is 1520. The Balaban J connectivity index is 1.52. The molecule has 230 valence electrons. The summed E-state index contributed by atoms with van der Waals surface area (Å²) in [6.07, 6.45) is 4.54. The molecule has 3 atom stereocenters. The van der Waals surface area contributed by atoms with Gasteiger partial charge in [-0.2, -0.15) is 8.78 Å². The number of ether oxygens (including phenoxy) is 1. The van der Waals surface area contributed by atoms with E-state index in [2.05, 4.69) is 9.88 Å². The molecule has 0 spiro atoms. The molecule has 0 aliphatic carbocycles. The standard InChI is InChI=1S/C30H36F2N6O4S/c1-18-8-9-19(23(15-27(39)40)20-13-24(33)28(36(2)34)25(14-20)42-30(31)32)12-21(18)16-37-17-22-6-3-4-11-38(22)29-26(43(37)41)7-5-10-35-29/h5,7-10,12-14,22-23,30H,3-4,6,11,15-17,33-34H2,1-2H3,(H,39,40). The number of aromatic nitrogens is 1. The van der Waals surface area contributed by atoms with E-state index in [1.807, 2.05) is 35.5 Å². The third kappa shape index (κ3) is 6.58. The number of hydrazine groups is 1. The molecule has 2 aliphatic rings. The fraction of sp³-hybridized carbons (Fsp3) is 0.400. The number of rotatable bonds is 9. The number of halogens is 2. The predicted molar refractivity (Wildman–Crippen MR) is 161 cm³/mol. The molecule has 5 rings (SSSR count). The highest BCUT2D eigenvalue weighted by Crippen LogP contribution is 2.41. The highest BCUT2D eigenvalue weighted by atomic mass is 32.2. The summed E-state index contributed by atoms with van der Waals surface area (Å²) in [7, 11) is -0.0201. The highest BCUT2D eigenvalue weighted by molar-refractivity contribution is 7.82. The summed E-state index contributed by atoms with van der Waals surface area (Å²) in [5.74, 6) is 4.54. The third-order valence-corrected chi connectivity index (χ3v) is 9.53. The first-order valence-corrected chi connectivity index (χ1v) is 15.2. The van der Waals surface area contributed by atoms with Crippen molar-refractivity contribution in [3.05, 3.63) is 70.9 Å². The van der Waals surface area contributed by atoms with Gasteiger partial charge in [-0.15, -0.1) is 0 Å². The van der Waals surface area contributed by atoms with Crippen molar-refractivity contribution in [3.63, 3.8) is 0 Å². The number of alkyl halides is 2. The largest absolute Gasteiger partial charge is 0.481 e. The summed E-state index contributed by atoms with van der Waals surface area (Å²) in [6, 6.07) is 12.3. The Morgan fingerprint density at radius 1 is 1.23 bits per heavy atom. The van der Waals surface area contributed by atoms with Crippen LogP contribution in [0.1, 0.15) is 53.9 Å². The Morgan fingerprint density at radius 2 is 2.02 bits per heavy atom. The molecule has 0 amide bonds. The van der Waals surface area contributed by atoms with Gasteiger partial charge < -0.3 is 25.5 Å². The third-order valence-electron chi connectivity index (χ3n) is 8.09. The van der Waals surface area contributed by atoms with E-state index >= 15 is 0 Å². The zero-order valence-corrected chi connectivity index (χ0v) is 24.9. The zero-order chi connectivity index (χ0) is 30.8. The van der Waals surface area contributed by atoms with Crippen LogP contribution < -0.4 is 26.2 Å². The SMILES string of the molecule is Cc1ccc(C(CC(=O)O)c2cc(N)c(N(C)N)c(OC(F)F)c2)cc1CN1CC2CCCCN2c2ncccc2S1=O. The Morgan fingerprint density at radius 3 is 2.74 bits per heavy atom. The van der Waals surface area contributed by atoms with Crippen LogP contribution in [0.3, 0.4) is 0 Å². The number of benzene rings is 2. The first-order valence-electron chi connectivity index (χ1n) is 14.1. The van der Waals surface area contributed by atoms with E-state index in [9.17, 15) is 22.9 Å².